The topological polar surface area (TPSA) is 102 Å². The smallest absolute Gasteiger partial charge is 0.296 e. The molecular formula is C7H12N2O5S. The molecule has 1 atom stereocenters. The second-order valence-corrected chi connectivity index (χ2v) is 4.48. The minimum Gasteiger partial charge on any atom is -0.481 e. The molecule has 0 saturated heterocycles. The molecule has 15 heavy (non-hydrogen) atoms. The van der Waals surface area contributed by atoms with Crippen molar-refractivity contribution in [3.8, 4) is 5.88 Å². The van der Waals surface area contributed by atoms with E-state index in [1.165, 1.54) is 25.8 Å². The molecule has 0 spiro atoms. The Kier molecular flexibility index (Phi) is 3.03. The molecule has 8 heteroatoms. The number of hydrogen-bond acceptors (Lipinski definition) is 5. The maximum absolute atomic E-state index is 10.8. The summed E-state index contributed by atoms with van der Waals surface area (Å²) >= 11 is 0. The summed E-state index contributed by atoms with van der Waals surface area (Å²) in [6.45, 7) is 1.51. The maximum Gasteiger partial charge on any atom is 0.296 e. The van der Waals surface area contributed by atoms with Crippen molar-refractivity contribution in [1.29, 1.82) is 0 Å². The minimum atomic E-state index is -4.58. The van der Waals surface area contributed by atoms with Gasteiger partial charge in [0, 0.05) is 7.05 Å². The first kappa shape index (κ1) is 12.0. The van der Waals surface area contributed by atoms with E-state index < -0.39 is 15.6 Å². The Labute approximate surface area is 87.0 Å². The standard InChI is InChI=1S/C7H12N2O5S/c1-4-5(7(10)15(11,12)13)6(14-3)9(2)8-4/h7,10H,1-3H3,(H,11,12,13). The zero-order chi connectivity index (χ0) is 11.8. The number of ether oxygens (including phenoxy) is 1. The van der Waals surface area contributed by atoms with Crippen molar-refractivity contribution < 1.29 is 22.8 Å². The quantitative estimate of drug-likeness (QED) is 0.693. The van der Waals surface area contributed by atoms with Gasteiger partial charge in [-0.1, -0.05) is 0 Å². The molecule has 0 saturated carbocycles. The highest BCUT2D eigenvalue weighted by Crippen LogP contribution is 2.30. The second-order valence-electron chi connectivity index (χ2n) is 3.00. The SMILES string of the molecule is COc1c(C(O)S(=O)(=O)O)c(C)nn1C. The molecule has 0 amide bonds. The van der Waals surface area contributed by atoms with Crippen molar-refractivity contribution in [1.82, 2.24) is 9.78 Å². The van der Waals surface area contributed by atoms with E-state index in [1.54, 1.807) is 0 Å². The van der Waals surface area contributed by atoms with Crippen LogP contribution in [0.1, 0.15) is 16.7 Å². The molecule has 0 aliphatic rings. The van der Waals surface area contributed by atoms with Crippen molar-refractivity contribution in [3.05, 3.63) is 11.3 Å². The first-order chi connectivity index (χ1) is 6.79. The predicted molar refractivity (Wildman–Crippen MR) is 51.0 cm³/mol. The largest absolute Gasteiger partial charge is 0.481 e. The lowest BCUT2D eigenvalue weighted by atomic mass is 10.3. The summed E-state index contributed by atoms with van der Waals surface area (Å²) in [4.78, 5) is 0. The number of methoxy groups -OCH3 is 1. The Morgan fingerprint density at radius 3 is 2.47 bits per heavy atom. The van der Waals surface area contributed by atoms with Gasteiger partial charge < -0.3 is 9.84 Å². The lowest BCUT2D eigenvalue weighted by molar-refractivity contribution is 0.231. The van der Waals surface area contributed by atoms with E-state index in [1.807, 2.05) is 0 Å². The predicted octanol–water partition coefficient (Wildman–Crippen LogP) is -0.384. The van der Waals surface area contributed by atoms with Gasteiger partial charge in [-0.25, -0.2) is 4.68 Å². The molecule has 0 fully saturated rings. The number of nitrogens with zero attached hydrogens (tertiary/aromatic N) is 2. The van der Waals surface area contributed by atoms with Crippen LogP contribution < -0.4 is 4.74 Å². The summed E-state index contributed by atoms with van der Waals surface area (Å²) in [5.41, 5.74) is -1.82. The third-order valence-electron chi connectivity index (χ3n) is 1.94. The molecule has 7 nitrogen and oxygen atoms in total. The molecule has 86 valence electrons. The molecule has 1 aromatic heterocycles. The van der Waals surface area contributed by atoms with Gasteiger partial charge in [0.2, 0.25) is 11.3 Å². The summed E-state index contributed by atoms with van der Waals surface area (Å²) in [6, 6.07) is 0. The van der Waals surface area contributed by atoms with Crippen molar-refractivity contribution >= 4 is 10.1 Å². The number of hydrogen-bond donors (Lipinski definition) is 2. The molecule has 1 rings (SSSR count). The van der Waals surface area contributed by atoms with Gasteiger partial charge in [-0.2, -0.15) is 13.5 Å². The van der Waals surface area contributed by atoms with Crippen LogP contribution in [0.25, 0.3) is 0 Å². The minimum absolute atomic E-state index is 0.0532. The first-order valence-corrected chi connectivity index (χ1v) is 5.51. The van der Waals surface area contributed by atoms with Gasteiger partial charge in [0.15, 0.2) is 0 Å². The molecule has 0 aromatic carbocycles. The summed E-state index contributed by atoms with van der Waals surface area (Å²) in [6.07, 6.45) is 0. The third-order valence-corrected chi connectivity index (χ3v) is 2.74. The Balaban J connectivity index is 3.37. The van der Waals surface area contributed by atoms with Crippen LogP contribution in [0.15, 0.2) is 0 Å². The van der Waals surface area contributed by atoms with Gasteiger partial charge in [0.05, 0.1) is 18.4 Å². The molecule has 0 aliphatic carbocycles. The van der Waals surface area contributed by atoms with Crippen LogP contribution >= 0.6 is 0 Å². The van der Waals surface area contributed by atoms with Crippen LogP contribution in [0.2, 0.25) is 0 Å². The number of rotatable bonds is 3. The first-order valence-electron chi connectivity index (χ1n) is 4.01. The molecule has 1 heterocycles. The molecular weight excluding hydrogens is 224 g/mol. The van der Waals surface area contributed by atoms with E-state index in [2.05, 4.69) is 5.10 Å². The number of aliphatic hydroxyl groups excluding tert-OH is 1. The van der Waals surface area contributed by atoms with Crippen LogP contribution in [0.5, 0.6) is 5.88 Å². The van der Waals surface area contributed by atoms with E-state index in [-0.39, 0.29) is 17.1 Å². The van der Waals surface area contributed by atoms with E-state index in [0.717, 1.165) is 0 Å². The molecule has 1 unspecified atom stereocenters. The van der Waals surface area contributed by atoms with E-state index in [4.69, 9.17) is 9.29 Å². The fourth-order valence-corrected chi connectivity index (χ4v) is 1.90. The van der Waals surface area contributed by atoms with Crippen LogP contribution in [-0.2, 0) is 17.2 Å². The summed E-state index contributed by atoms with van der Waals surface area (Å²) in [7, 11) is -1.73. The van der Waals surface area contributed by atoms with Gasteiger partial charge in [-0.05, 0) is 6.92 Å². The summed E-state index contributed by atoms with van der Waals surface area (Å²) in [5, 5.41) is 13.3. The molecule has 0 bridgehead atoms. The summed E-state index contributed by atoms with van der Waals surface area (Å²) < 4.78 is 36.4. The van der Waals surface area contributed by atoms with E-state index >= 15 is 0 Å². The molecule has 1 aromatic rings. The van der Waals surface area contributed by atoms with Gasteiger partial charge >= 0.3 is 0 Å². The maximum atomic E-state index is 10.8. The van der Waals surface area contributed by atoms with Gasteiger partial charge in [0.25, 0.3) is 10.1 Å². The lowest BCUT2D eigenvalue weighted by Crippen LogP contribution is -2.13. The fourth-order valence-electron chi connectivity index (χ4n) is 1.33. The zero-order valence-electron chi connectivity index (χ0n) is 8.50. The van der Waals surface area contributed by atoms with E-state index in [9.17, 15) is 13.5 Å². The Morgan fingerprint density at radius 2 is 2.07 bits per heavy atom. The van der Waals surface area contributed by atoms with Crippen molar-refractivity contribution in [2.45, 2.75) is 12.4 Å². The molecule has 0 aliphatic heterocycles. The molecule has 2 N–H and O–H groups in total. The van der Waals surface area contributed by atoms with Gasteiger partial charge in [0.1, 0.15) is 0 Å². The van der Waals surface area contributed by atoms with Gasteiger partial charge in [-0.3, -0.25) is 4.55 Å². The van der Waals surface area contributed by atoms with Crippen LogP contribution in [0.4, 0.5) is 0 Å². The van der Waals surface area contributed by atoms with E-state index in [0.29, 0.717) is 0 Å². The number of aromatic nitrogens is 2. The van der Waals surface area contributed by atoms with Crippen LogP contribution in [0, 0.1) is 6.92 Å². The number of aryl methyl sites for hydroxylation is 2. The zero-order valence-corrected chi connectivity index (χ0v) is 9.32. The Bertz CT molecular complexity index is 464. The van der Waals surface area contributed by atoms with Crippen molar-refractivity contribution in [2.75, 3.05) is 7.11 Å². The fraction of sp³-hybridized carbons (Fsp3) is 0.571. The number of aliphatic hydroxyl groups is 1. The van der Waals surface area contributed by atoms with Crippen LogP contribution in [-0.4, -0.2) is 35.0 Å². The Morgan fingerprint density at radius 1 is 1.53 bits per heavy atom. The Hall–Kier alpha value is -1.12. The van der Waals surface area contributed by atoms with Gasteiger partial charge in [-0.15, -0.1) is 0 Å². The normalized spacial score (nSPS) is 13.9. The highest BCUT2D eigenvalue weighted by Gasteiger charge is 2.30. The monoisotopic (exact) mass is 236 g/mol. The average molecular weight is 236 g/mol. The highest BCUT2D eigenvalue weighted by atomic mass is 32.2. The third kappa shape index (κ3) is 2.11. The lowest BCUT2D eigenvalue weighted by Gasteiger charge is -2.08. The molecule has 0 radical (unpaired) electrons. The van der Waals surface area contributed by atoms with Crippen LogP contribution in [0.3, 0.4) is 0 Å². The second kappa shape index (κ2) is 3.80. The van der Waals surface area contributed by atoms with Crippen molar-refractivity contribution in [2.24, 2.45) is 7.05 Å². The van der Waals surface area contributed by atoms with Crippen molar-refractivity contribution in [3.63, 3.8) is 0 Å². The average Bonchev–Trinajstić information content (AvgIpc) is 2.37. The highest BCUT2D eigenvalue weighted by molar-refractivity contribution is 7.85. The summed E-state index contributed by atoms with van der Waals surface area (Å²) in [5.74, 6) is 0.0950.